The lowest BCUT2D eigenvalue weighted by atomic mass is 9.98. The maximum absolute atomic E-state index is 9.50. The molecule has 2 heteroatoms. The minimum absolute atomic E-state index is 0.336. The molecule has 0 aliphatic carbocycles. The van der Waals surface area contributed by atoms with Crippen LogP contribution in [0.1, 0.15) is 16.7 Å². The van der Waals surface area contributed by atoms with Crippen LogP contribution in [-0.2, 0) is 12.8 Å². The highest BCUT2D eigenvalue weighted by Gasteiger charge is 2.08. The highest BCUT2D eigenvalue weighted by Crippen LogP contribution is 2.14. The van der Waals surface area contributed by atoms with E-state index in [1.165, 1.54) is 11.1 Å². The zero-order valence-electron chi connectivity index (χ0n) is 11.6. The van der Waals surface area contributed by atoms with Crippen molar-refractivity contribution in [2.45, 2.75) is 25.8 Å². The van der Waals surface area contributed by atoms with Crippen LogP contribution in [0.4, 0.5) is 0 Å². The molecule has 2 nitrogen and oxygen atoms in total. The molecule has 0 fully saturated rings. The van der Waals surface area contributed by atoms with Gasteiger partial charge in [-0.15, -0.1) is 0 Å². The third-order valence-electron chi connectivity index (χ3n) is 3.40. The van der Waals surface area contributed by atoms with E-state index in [-0.39, 0.29) is 0 Å². The second-order valence-corrected chi connectivity index (χ2v) is 5.05. The average Bonchev–Trinajstić information content (AvgIpc) is 2.40. The van der Waals surface area contributed by atoms with Crippen LogP contribution < -0.4 is 5.32 Å². The fourth-order valence-corrected chi connectivity index (χ4v) is 2.25. The van der Waals surface area contributed by atoms with E-state index in [2.05, 4.69) is 42.6 Å². The van der Waals surface area contributed by atoms with Crippen molar-refractivity contribution < 1.29 is 5.11 Å². The van der Waals surface area contributed by atoms with Gasteiger partial charge in [0, 0.05) is 6.04 Å². The number of hydrogen-bond acceptors (Lipinski definition) is 2. The minimum Gasteiger partial charge on any atom is -0.508 e. The third kappa shape index (κ3) is 4.11. The molecule has 2 rings (SSSR count). The molecule has 0 heterocycles. The van der Waals surface area contributed by atoms with Crippen molar-refractivity contribution in [1.82, 2.24) is 5.32 Å². The Hall–Kier alpha value is -1.80. The molecule has 0 saturated heterocycles. The van der Waals surface area contributed by atoms with Crippen LogP contribution in [0.2, 0.25) is 0 Å². The summed E-state index contributed by atoms with van der Waals surface area (Å²) in [6.07, 6.45) is 1.91. The van der Waals surface area contributed by atoms with Gasteiger partial charge in [-0.3, -0.25) is 0 Å². The van der Waals surface area contributed by atoms with Crippen molar-refractivity contribution in [2.75, 3.05) is 7.05 Å². The SMILES string of the molecule is CNC(Cc1ccc(C)cc1)Cc1cccc(O)c1. The van der Waals surface area contributed by atoms with Gasteiger partial charge in [0.1, 0.15) is 5.75 Å². The number of aryl methyl sites for hydroxylation is 1. The molecule has 0 saturated carbocycles. The lowest BCUT2D eigenvalue weighted by Gasteiger charge is -2.16. The second-order valence-electron chi connectivity index (χ2n) is 5.05. The van der Waals surface area contributed by atoms with Crippen molar-refractivity contribution in [3.63, 3.8) is 0 Å². The van der Waals surface area contributed by atoms with Crippen LogP contribution in [0.15, 0.2) is 48.5 Å². The van der Waals surface area contributed by atoms with E-state index in [1.807, 2.05) is 19.2 Å². The van der Waals surface area contributed by atoms with Gasteiger partial charge in [0.2, 0.25) is 0 Å². The highest BCUT2D eigenvalue weighted by molar-refractivity contribution is 5.28. The van der Waals surface area contributed by atoms with Crippen molar-refractivity contribution in [3.8, 4) is 5.75 Å². The molecule has 1 atom stereocenters. The first kappa shape index (κ1) is 13.6. The predicted octanol–water partition coefficient (Wildman–Crippen LogP) is 3.07. The van der Waals surface area contributed by atoms with E-state index in [1.54, 1.807) is 6.07 Å². The standard InChI is InChI=1S/C17H21NO/c1-13-6-8-14(9-7-13)10-16(18-2)11-15-4-3-5-17(19)12-15/h3-9,12,16,18-19H,10-11H2,1-2H3. The number of aromatic hydroxyl groups is 1. The van der Waals surface area contributed by atoms with E-state index in [0.29, 0.717) is 11.8 Å². The Morgan fingerprint density at radius 1 is 1.00 bits per heavy atom. The number of nitrogens with one attached hydrogen (secondary N) is 1. The first-order chi connectivity index (χ1) is 9.17. The topological polar surface area (TPSA) is 32.3 Å². The molecule has 0 amide bonds. The molecular formula is C17H21NO. The number of benzene rings is 2. The molecule has 0 spiro atoms. The number of hydrogen-bond donors (Lipinski definition) is 2. The van der Waals surface area contributed by atoms with Crippen LogP contribution in [0.25, 0.3) is 0 Å². The Labute approximate surface area is 115 Å². The van der Waals surface area contributed by atoms with Crippen molar-refractivity contribution in [2.24, 2.45) is 0 Å². The van der Waals surface area contributed by atoms with Crippen molar-refractivity contribution in [1.29, 1.82) is 0 Å². The van der Waals surface area contributed by atoms with Crippen molar-refractivity contribution >= 4 is 0 Å². The maximum atomic E-state index is 9.50. The van der Waals surface area contributed by atoms with Gasteiger partial charge in [0.15, 0.2) is 0 Å². The van der Waals surface area contributed by atoms with Gasteiger partial charge in [0.25, 0.3) is 0 Å². The predicted molar refractivity (Wildman–Crippen MR) is 79.5 cm³/mol. The fraction of sp³-hybridized carbons (Fsp3) is 0.294. The molecule has 0 bridgehead atoms. The van der Waals surface area contributed by atoms with Gasteiger partial charge < -0.3 is 10.4 Å². The Kier molecular flexibility index (Phi) is 4.58. The van der Waals surface area contributed by atoms with Gasteiger partial charge in [-0.25, -0.2) is 0 Å². The average molecular weight is 255 g/mol. The first-order valence-corrected chi connectivity index (χ1v) is 6.68. The Balaban J connectivity index is 2.02. The molecule has 2 aromatic rings. The lowest BCUT2D eigenvalue weighted by Crippen LogP contribution is -2.29. The molecule has 2 N–H and O–H groups in total. The van der Waals surface area contributed by atoms with Gasteiger partial charge in [0.05, 0.1) is 0 Å². The molecule has 0 radical (unpaired) electrons. The summed E-state index contributed by atoms with van der Waals surface area (Å²) in [4.78, 5) is 0. The quantitative estimate of drug-likeness (QED) is 0.860. The van der Waals surface area contributed by atoms with E-state index in [0.717, 1.165) is 18.4 Å². The van der Waals surface area contributed by atoms with Gasteiger partial charge in [-0.05, 0) is 50.1 Å². The molecule has 19 heavy (non-hydrogen) atoms. The van der Waals surface area contributed by atoms with E-state index >= 15 is 0 Å². The number of rotatable bonds is 5. The second kappa shape index (κ2) is 6.39. The monoisotopic (exact) mass is 255 g/mol. The zero-order chi connectivity index (χ0) is 13.7. The Bertz CT molecular complexity index is 519. The largest absolute Gasteiger partial charge is 0.508 e. The molecular weight excluding hydrogens is 234 g/mol. The minimum atomic E-state index is 0.336. The Morgan fingerprint density at radius 2 is 1.68 bits per heavy atom. The summed E-state index contributed by atoms with van der Waals surface area (Å²) in [5.41, 5.74) is 3.79. The molecule has 2 aromatic carbocycles. The number of phenolic OH excluding ortho intramolecular Hbond substituents is 1. The summed E-state index contributed by atoms with van der Waals surface area (Å²) in [6.45, 7) is 2.10. The van der Waals surface area contributed by atoms with Crippen LogP contribution in [-0.4, -0.2) is 18.2 Å². The van der Waals surface area contributed by atoms with Crippen LogP contribution in [0, 0.1) is 6.92 Å². The molecule has 100 valence electrons. The Morgan fingerprint density at radius 3 is 2.32 bits per heavy atom. The lowest BCUT2D eigenvalue weighted by molar-refractivity contribution is 0.473. The summed E-state index contributed by atoms with van der Waals surface area (Å²) in [6, 6.07) is 16.5. The number of likely N-dealkylation sites (N-methyl/N-ethyl adjacent to an activating group) is 1. The van der Waals surface area contributed by atoms with Crippen molar-refractivity contribution in [3.05, 3.63) is 65.2 Å². The van der Waals surface area contributed by atoms with Crippen LogP contribution >= 0.6 is 0 Å². The molecule has 0 aliphatic rings. The summed E-state index contributed by atoms with van der Waals surface area (Å²) in [5.74, 6) is 0.336. The van der Waals surface area contributed by atoms with E-state index in [9.17, 15) is 5.11 Å². The summed E-state index contributed by atoms with van der Waals surface area (Å²) >= 11 is 0. The normalized spacial score (nSPS) is 12.3. The van der Waals surface area contributed by atoms with Gasteiger partial charge in [-0.1, -0.05) is 42.0 Å². The molecule has 1 unspecified atom stereocenters. The molecule has 0 aromatic heterocycles. The maximum Gasteiger partial charge on any atom is 0.115 e. The van der Waals surface area contributed by atoms with Gasteiger partial charge in [-0.2, -0.15) is 0 Å². The van der Waals surface area contributed by atoms with Gasteiger partial charge >= 0.3 is 0 Å². The van der Waals surface area contributed by atoms with Crippen LogP contribution in [0.3, 0.4) is 0 Å². The summed E-state index contributed by atoms with van der Waals surface area (Å²) < 4.78 is 0. The zero-order valence-corrected chi connectivity index (χ0v) is 11.6. The summed E-state index contributed by atoms with van der Waals surface area (Å²) in [5, 5.41) is 12.8. The van der Waals surface area contributed by atoms with E-state index < -0.39 is 0 Å². The smallest absolute Gasteiger partial charge is 0.115 e. The summed E-state index contributed by atoms with van der Waals surface area (Å²) in [7, 11) is 1.99. The van der Waals surface area contributed by atoms with Crippen LogP contribution in [0.5, 0.6) is 5.75 Å². The highest BCUT2D eigenvalue weighted by atomic mass is 16.3. The number of phenols is 1. The first-order valence-electron chi connectivity index (χ1n) is 6.68. The third-order valence-corrected chi connectivity index (χ3v) is 3.40. The fourth-order valence-electron chi connectivity index (χ4n) is 2.25. The molecule has 0 aliphatic heterocycles. The van der Waals surface area contributed by atoms with E-state index in [4.69, 9.17) is 0 Å².